The number of rotatable bonds is 8. The smallest absolute Gasteiger partial charge is 0.155 e. The fourth-order valence-electron chi connectivity index (χ4n) is 1.77. The Labute approximate surface area is 95.0 Å². The summed E-state index contributed by atoms with van der Waals surface area (Å²) in [5.74, 6) is 1.55. The molecule has 0 aliphatic carbocycles. The van der Waals surface area contributed by atoms with E-state index >= 15 is 0 Å². The van der Waals surface area contributed by atoms with Gasteiger partial charge in [0.25, 0.3) is 0 Å². The molecule has 0 bridgehead atoms. The summed E-state index contributed by atoms with van der Waals surface area (Å²) in [6.45, 7) is 8.64. The highest BCUT2D eigenvalue weighted by atomic mass is 16.1. The molecule has 0 aliphatic rings. The highest BCUT2D eigenvalue weighted by Gasteiger charge is 2.06. The maximum Gasteiger partial charge on any atom is 0.155 e. The van der Waals surface area contributed by atoms with E-state index in [1.165, 1.54) is 25.7 Å². The molecule has 0 fully saturated rings. The Morgan fingerprint density at radius 2 is 1.93 bits per heavy atom. The standard InChI is InChI=1S/C14H26O/c1-5-7-8-12(3)11-13(4)9-10-14(15)6-2/h9-10,12-13H,5-8,11H2,1-4H3/b10-9+. The van der Waals surface area contributed by atoms with Crippen LogP contribution in [0, 0.1) is 11.8 Å². The predicted molar refractivity (Wildman–Crippen MR) is 66.9 cm³/mol. The SMILES string of the molecule is CCCCC(C)CC(C)/C=C/C(=O)CC. The summed E-state index contributed by atoms with van der Waals surface area (Å²) in [4.78, 5) is 11.1. The third-order valence-corrected chi connectivity index (χ3v) is 2.78. The zero-order valence-electron chi connectivity index (χ0n) is 10.8. The van der Waals surface area contributed by atoms with Gasteiger partial charge in [-0.15, -0.1) is 0 Å². The molecule has 0 saturated carbocycles. The lowest BCUT2D eigenvalue weighted by Gasteiger charge is -2.13. The first kappa shape index (κ1) is 14.4. The minimum atomic E-state index is 0.239. The van der Waals surface area contributed by atoms with Crippen LogP contribution in [0.1, 0.15) is 59.8 Å². The number of unbranched alkanes of at least 4 members (excludes halogenated alkanes) is 1. The molecule has 0 spiro atoms. The first-order valence-corrected chi connectivity index (χ1v) is 6.31. The molecule has 0 N–H and O–H groups in total. The van der Waals surface area contributed by atoms with Crippen molar-refractivity contribution in [2.24, 2.45) is 11.8 Å². The second kappa shape index (κ2) is 8.70. The van der Waals surface area contributed by atoms with Crippen LogP contribution in [0.4, 0.5) is 0 Å². The van der Waals surface area contributed by atoms with Crippen molar-refractivity contribution < 1.29 is 4.79 Å². The number of allylic oxidation sites excluding steroid dienone is 2. The van der Waals surface area contributed by atoms with Crippen molar-refractivity contribution in [2.75, 3.05) is 0 Å². The molecule has 0 aromatic heterocycles. The van der Waals surface area contributed by atoms with E-state index in [4.69, 9.17) is 0 Å². The molecule has 0 saturated heterocycles. The van der Waals surface area contributed by atoms with Crippen molar-refractivity contribution in [1.82, 2.24) is 0 Å². The van der Waals surface area contributed by atoms with Crippen molar-refractivity contribution in [2.45, 2.75) is 59.8 Å². The summed E-state index contributed by atoms with van der Waals surface area (Å²) < 4.78 is 0. The molecule has 88 valence electrons. The van der Waals surface area contributed by atoms with Crippen LogP contribution in [0.15, 0.2) is 12.2 Å². The van der Waals surface area contributed by atoms with E-state index < -0.39 is 0 Å². The van der Waals surface area contributed by atoms with Crippen molar-refractivity contribution in [1.29, 1.82) is 0 Å². The Morgan fingerprint density at radius 3 is 2.47 bits per heavy atom. The van der Waals surface area contributed by atoms with Gasteiger partial charge in [-0.3, -0.25) is 4.79 Å². The molecule has 15 heavy (non-hydrogen) atoms. The number of hydrogen-bond acceptors (Lipinski definition) is 1. The minimum Gasteiger partial charge on any atom is -0.295 e. The van der Waals surface area contributed by atoms with E-state index in [1.54, 1.807) is 6.08 Å². The maximum absolute atomic E-state index is 11.1. The zero-order valence-corrected chi connectivity index (χ0v) is 10.8. The fourth-order valence-corrected chi connectivity index (χ4v) is 1.77. The topological polar surface area (TPSA) is 17.1 Å². The molecule has 2 atom stereocenters. The molecule has 0 radical (unpaired) electrons. The van der Waals surface area contributed by atoms with Gasteiger partial charge in [-0.1, -0.05) is 53.0 Å². The van der Waals surface area contributed by atoms with Gasteiger partial charge in [-0.05, 0) is 24.3 Å². The summed E-state index contributed by atoms with van der Waals surface area (Å²) in [5, 5.41) is 0. The summed E-state index contributed by atoms with van der Waals surface area (Å²) >= 11 is 0. The average molecular weight is 210 g/mol. The second-order valence-corrected chi connectivity index (χ2v) is 4.64. The lowest BCUT2D eigenvalue weighted by atomic mass is 9.92. The minimum absolute atomic E-state index is 0.239. The van der Waals surface area contributed by atoms with Gasteiger partial charge in [0, 0.05) is 6.42 Å². The van der Waals surface area contributed by atoms with Crippen molar-refractivity contribution >= 4 is 5.78 Å². The van der Waals surface area contributed by atoms with Gasteiger partial charge < -0.3 is 0 Å². The first-order chi connectivity index (χ1) is 7.10. The zero-order chi connectivity index (χ0) is 11.7. The molecule has 0 aliphatic heterocycles. The Balaban J connectivity index is 3.76. The van der Waals surface area contributed by atoms with Gasteiger partial charge >= 0.3 is 0 Å². The van der Waals surface area contributed by atoms with Gasteiger partial charge in [-0.2, -0.15) is 0 Å². The molecular formula is C14H26O. The molecule has 1 nitrogen and oxygen atoms in total. The number of hydrogen-bond donors (Lipinski definition) is 0. The average Bonchev–Trinajstić information content (AvgIpc) is 2.22. The van der Waals surface area contributed by atoms with Gasteiger partial charge in [0.15, 0.2) is 5.78 Å². The molecule has 1 heteroatoms. The Hall–Kier alpha value is -0.590. The highest BCUT2D eigenvalue weighted by molar-refractivity contribution is 5.89. The number of ketones is 1. The normalized spacial score (nSPS) is 15.5. The van der Waals surface area contributed by atoms with Crippen LogP contribution in [-0.4, -0.2) is 5.78 Å². The molecular weight excluding hydrogens is 184 g/mol. The fraction of sp³-hybridized carbons (Fsp3) is 0.786. The Morgan fingerprint density at radius 1 is 1.27 bits per heavy atom. The van der Waals surface area contributed by atoms with Crippen LogP contribution in [0.2, 0.25) is 0 Å². The monoisotopic (exact) mass is 210 g/mol. The van der Waals surface area contributed by atoms with Crippen LogP contribution in [0.25, 0.3) is 0 Å². The van der Waals surface area contributed by atoms with E-state index in [1.807, 2.05) is 6.92 Å². The largest absolute Gasteiger partial charge is 0.295 e. The van der Waals surface area contributed by atoms with Crippen molar-refractivity contribution in [3.8, 4) is 0 Å². The molecule has 0 heterocycles. The van der Waals surface area contributed by atoms with Gasteiger partial charge in [-0.25, -0.2) is 0 Å². The lowest BCUT2D eigenvalue weighted by molar-refractivity contribution is -0.114. The molecule has 0 aromatic rings. The molecule has 2 unspecified atom stereocenters. The predicted octanol–water partition coefficient (Wildman–Crippen LogP) is 4.37. The molecule has 0 rings (SSSR count). The quantitative estimate of drug-likeness (QED) is 0.543. The van der Waals surface area contributed by atoms with Gasteiger partial charge in [0.05, 0.1) is 0 Å². The number of carbonyl (C=O) groups excluding carboxylic acids is 1. The van der Waals surface area contributed by atoms with E-state index in [-0.39, 0.29) is 5.78 Å². The number of carbonyl (C=O) groups is 1. The Bertz CT molecular complexity index is 194. The third kappa shape index (κ3) is 8.41. The van der Waals surface area contributed by atoms with Gasteiger partial charge in [0.1, 0.15) is 0 Å². The van der Waals surface area contributed by atoms with E-state index in [2.05, 4.69) is 26.8 Å². The summed E-state index contributed by atoms with van der Waals surface area (Å²) in [5.41, 5.74) is 0. The van der Waals surface area contributed by atoms with Gasteiger partial charge in [0.2, 0.25) is 0 Å². The summed E-state index contributed by atoms with van der Waals surface area (Å²) in [6, 6.07) is 0. The van der Waals surface area contributed by atoms with Crippen molar-refractivity contribution in [3.05, 3.63) is 12.2 Å². The van der Waals surface area contributed by atoms with Crippen molar-refractivity contribution in [3.63, 3.8) is 0 Å². The lowest BCUT2D eigenvalue weighted by Crippen LogP contribution is -2.01. The molecule has 0 amide bonds. The van der Waals surface area contributed by atoms with Crippen LogP contribution in [0.3, 0.4) is 0 Å². The van der Waals surface area contributed by atoms with Crippen LogP contribution in [-0.2, 0) is 4.79 Å². The summed E-state index contributed by atoms with van der Waals surface area (Å²) in [6.07, 6.45) is 9.55. The Kier molecular flexibility index (Phi) is 8.35. The highest BCUT2D eigenvalue weighted by Crippen LogP contribution is 2.18. The molecule has 0 aromatic carbocycles. The van der Waals surface area contributed by atoms with E-state index in [0.29, 0.717) is 12.3 Å². The van der Waals surface area contributed by atoms with E-state index in [0.717, 1.165) is 5.92 Å². The second-order valence-electron chi connectivity index (χ2n) is 4.64. The van der Waals surface area contributed by atoms with Crippen LogP contribution < -0.4 is 0 Å². The first-order valence-electron chi connectivity index (χ1n) is 6.31. The van der Waals surface area contributed by atoms with E-state index in [9.17, 15) is 4.79 Å². The van der Waals surface area contributed by atoms with Crippen LogP contribution >= 0.6 is 0 Å². The summed E-state index contributed by atoms with van der Waals surface area (Å²) in [7, 11) is 0. The van der Waals surface area contributed by atoms with Crippen LogP contribution in [0.5, 0.6) is 0 Å². The maximum atomic E-state index is 11.1. The third-order valence-electron chi connectivity index (χ3n) is 2.78.